The van der Waals surface area contributed by atoms with Gasteiger partial charge in [-0.1, -0.05) is 93.6 Å². The van der Waals surface area contributed by atoms with Gasteiger partial charge in [0.2, 0.25) is 0 Å². The molecule has 0 atom stereocenters. The minimum atomic E-state index is 0. The van der Waals surface area contributed by atoms with Crippen LogP contribution in [0.2, 0.25) is 0 Å². The zero-order valence-electron chi connectivity index (χ0n) is 23.2. The summed E-state index contributed by atoms with van der Waals surface area (Å²) in [7, 11) is 0. The van der Waals surface area contributed by atoms with Crippen molar-refractivity contribution in [3.63, 3.8) is 0 Å². The first-order valence-corrected chi connectivity index (χ1v) is 13.1. The van der Waals surface area contributed by atoms with Crippen LogP contribution in [0, 0.1) is 34.6 Å². The van der Waals surface area contributed by atoms with Crippen LogP contribution in [0.5, 0.6) is 0 Å². The first-order valence-electron chi connectivity index (χ1n) is 13.1. The molecule has 0 N–H and O–H groups in total. The van der Waals surface area contributed by atoms with Crippen molar-refractivity contribution in [1.29, 1.82) is 0 Å². The van der Waals surface area contributed by atoms with Crippen LogP contribution >= 0.6 is 0 Å². The van der Waals surface area contributed by atoms with Crippen molar-refractivity contribution in [2.24, 2.45) is 0 Å². The van der Waals surface area contributed by atoms with E-state index < -0.39 is 0 Å². The van der Waals surface area contributed by atoms with Crippen LogP contribution in [0.25, 0.3) is 21.8 Å². The minimum Gasteiger partial charge on any atom is -0.657 e. The Hall–Kier alpha value is -4.12. The van der Waals surface area contributed by atoms with Crippen LogP contribution in [0.1, 0.15) is 27.8 Å². The van der Waals surface area contributed by atoms with Crippen LogP contribution in [0.4, 0.5) is 23.0 Å². The Morgan fingerprint density at radius 3 is 1.52 bits per heavy atom. The molecule has 1 aliphatic rings. The molecule has 0 unspecified atom stereocenters. The summed E-state index contributed by atoms with van der Waals surface area (Å²) in [5.41, 5.74) is 10.4. The number of nitrogens with zero attached hydrogens (tertiary/aromatic N) is 5. The van der Waals surface area contributed by atoms with Crippen molar-refractivity contribution in [1.82, 2.24) is 24.1 Å². The Balaban J connectivity index is 0.000000193. The summed E-state index contributed by atoms with van der Waals surface area (Å²) in [6, 6.07) is 30.7. The third-order valence-electron chi connectivity index (χ3n) is 7.15. The fourth-order valence-corrected chi connectivity index (χ4v) is 5.56. The van der Waals surface area contributed by atoms with Crippen molar-refractivity contribution < 1.29 is 22.4 Å². The normalized spacial score (nSPS) is 11.8. The van der Waals surface area contributed by atoms with Gasteiger partial charge in [0.1, 0.15) is 0 Å². The third kappa shape index (κ3) is 4.85. The van der Waals surface area contributed by atoms with Gasteiger partial charge in [0.05, 0.1) is 6.20 Å². The number of benzene rings is 4. The second-order valence-electron chi connectivity index (χ2n) is 10.1. The molecule has 4 aromatic carbocycles. The Kier molecular flexibility index (Phi) is 7.66. The summed E-state index contributed by atoms with van der Waals surface area (Å²) >= 11 is 0. The van der Waals surface area contributed by atoms with Gasteiger partial charge in [-0.25, -0.2) is 0 Å². The molecule has 200 valence electrons. The maximum absolute atomic E-state index is 4.62. The van der Waals surface area contributed by atoms with Crippen LogP contribution in [0.3, 0.4) is 0 Å². The van der Waals surface area contributed by atoms with Crippen molar-refractivity contribution >= 4 is 50.8 Å². The first-order chi connectivity index (χ1) is 18.9. The summed E-state index contributed by atoms with van der Waals surface area (Å²) < 4.78 is 4.07. The molecule has 0 bridgehead atoms. The zero-order valence-corrected chi connectivity index (χ0v) is 25.4. The number of fused-ring (bicyclic) bond motifs is 4. The van der Waals surface area contributed by atoms with E-state index in [1.807, 2.05) is 21.3 Å². The largest absolute Gasteiger partial charge is 1.00 e. The van der Waals surface area contributed by atoms with Gasteiger partial charge in [-0.15, -0.1) is 11.0 Å². The van der Waals surface area contributed by atoms with E-state index in [0.29, 0.717) is 0 Å². The van der Waals surface area contributed by atoms with Gasteiger partial charge in [-0.05, 0) is 45.4 Å². The molecule has 0 amide bonds. The SMILES string of the molecule is Cc1cc(C)c([N+]2=C=[N+](c3c(C)cccc3C)c3nccnc32)c(C)c1.[Au+].c1ccc2c(c1)[n-]c1ccccc12. The molecule has 3 heterocycles. The van der Waals surface area contributed by atoms with E-state index in [-0.39, 0.29) is 22.4 Å². The second-order valence-corrected chi connectivity index (χ2v) is 10.1. The molecule has 2 aromatic heterocycles. The van der Waals surface area contributed by atoms with E-state index in [9.17, 15) is 0 Å². The van der Waals surface area contributed by atoms with E-state index in [0.717, 1.165) is 34.0 Å². The maximum Gasteiger partial charge on any atom is 1.00 e. The Bertz CT molecular complexity index is 1870. The third-order valence-corrected chi connectivity index (χ3v) is 7.15. The first kappa shape index (κ1) is 27.4. The van der Waals surface area contributed by atoms with Gasteiger partial charge >= 0.3 is 40.0 Å². The Morgan fingerprint density at radius 2 is 1.02 bits per heavy atom. The molecule has 0 aliphatic carbocycles. The second kappa shape index (κ2) is 11.2. The van der Waals surface area contributed by atoms with Gasteiger partial charge in [-0.3, -0.25) is 0 Å². The van der Waals surface area contributed by atoms with E-state index in [1.165, 1.54) is 38.6 Å². The molecular weight excluding hydrogens is 675 g/mol. The van der Waals surface area contributed by atoms with Gasteiger partial charge in [0.25, 0.3) is 0 Å². The van der Waals surface area contributed by atoms with Crippen LogP contribution in [-0.4, -0.2) is 16.0 Å². The van der Waals surface area contributed by atoms with Crippen molar-refractivity contribution in [2.45, 2.75) is 34.6 Å². The van der Waals surface area contributed by atoms with Gasteiger partial charge in [0.15, 0.2) is 17.6 Å². The molecule has 6 heteroatoms. The van der Waals surface area contributed by atoms with Crippen LogP contribution < -0.4 is 14.1 Å². The quantitative estimate of drug-likeness (QED) is 0.136. The average molecular weight is 706 g/mol. The fraction of sp³-hybridized carbons (Fsp3) is 0.147. The Morgan fingerprint density at radius 1 is 0.575 bits per heavy atom. The molecule has 1 aliphatic heterocycles. The smallest absolute Gasteiger partial charge is 0.657 e. The summed E-state index contributed by atoms with van der Waals surface area (Å²) in [6.07, 6.45) is 3.47. The van der Waals surface area contributed by atoms with Crippen molar-refractivity contribution in [3.05, 3.63) is 119 Å². The number of para-hydroxylation sites is 3. The van der Waals surface area contributed by atoms with Gasteiger partial charge in [-0.2, -0.15) is 4.98 Å². The number of aromatic nitrogens is 3. The molecule has 7 rings (SSSR count). The van der Waals surface area contributed by atoms with Crippen LogP contribution in [-0.2, 0) is 22.4 Å². The Labute approximate surface area is 250 Å². The molecule has 0 fully saturated rings. The molecule has 0 saturated heterocycles. The van der Waals surface area contributed by atoms with Gasteiger partial charge < -0.3 is 4.98 Å². The average Bonchev–Trinajstić information content (AvgIpc) is 3.48. The number of hydrogen-bond donors (Lipinski definition) is 0. The molecule has 0 radical (unpaired) electrons. The molecular formula is C34H30AuN5+2. The summed E-state index contributed by atoms with van der Waals surface area (Å²) in [5.74, 6) is 1.62. The topological polar surface area (TPSA) is 45.9 Å². The standard InChI is InChI=1S/C22H22N4.C12H8N.Au/c1-14-11-17(4)20(18(5)12-14)26-13-25(21-22(26)24-10-9-23-21)19-15(2)7-6-8-16(19)3;1-3-7-11-9(5-1)10-6-2-4-8-12(10)13-11;/h6-12H,1-5H3;1-8H;/q+2;-1;+1. The summed E-state index contributed by atoms with van der Waals surface area (Å²) in [5, 5.41) is 2.50. The number of aryl methyl sites for hydroxylation is 5. The van der Waals surface area contributed by atoms with E-state index in [2.05, 4.69) is 122 Å². The molecule has 5 nitrogen and oxygen atoms in total. The number of hydrogen-bond acceptors (Lipinski definition) is 2. The van der Waals surface area contributed by atoms with E-state index in [4.69, 9.17) is 0 Å². The molecule has 40 heavy (non-hydrogen) atoms. The molecule has 0 spiro atoms. The van der Waals surface area contributed by atoms with Crippen molar-refractivity contribution in [3.8, 4) is 0 Å². The molecule has 6 aromatic rings. The maximum atomic E-state index is 4.62. The monoisotopic (exact) mass is 705 g/mol. The minimum absolute atomic E-state index is 0. The van der Waals surface area contributed by atoms with Gasteiger partial charge in [0, 0.05) is 27.2 Å². The van der Waals surface area contributed by atoms with Crippen molar-refractivity contribution in [2.75, 3.05) is 0 Å². The summed E-state index contributed by atoms with van der Waals surface area (Å²) in [4.78, 5) is 13.7. The zero-order chi connectivity index (χ0) is 27.1. The van der Waals surface area contributed by atoms with E-state index >= 15 is 0 Å². The van der Waals surface area contributed by atoms with Crippen LogP contribution in [0.15, 0.2) is 91.3 Å². The number of rotatable bonds is 2. The summed E-state index contributed by atoms with van der Waals surface area (Å²) in [6.45, 7) is 10.6. The molecule has 0 saturated carbocycles. The van der Waals surface area contributed by atoms with E-state index in [1.54, 1.807) is 12.4 Å². The predicted octanol–water partition coefficient (Wildman–Crippen LogP) is 7.82. The fourth-order valence-electron chi connectivity index (χ4n) is 5.56. The predicted molar refractivity (Wildman–Crippen MR) is 161 cm³/mol.